The van der Waals surface area contributed by atoms with Crippen molar-refractivity contribution in [2.75, 3.05) is 10.0 Å². The van der Waals surface area contributed by atoms with Gasteiger partial charge in [0.05, 0.1) is 30.9 Å². The van der Waals surface area contributed by atoms with Crippen LogP contribution in [0.2, 0.25) is 0 Å². The predicted molar refractivity (Wildman–Crippen MR) is 171 cm³/mol. The SMILES string of the molecule is Cc1cc(C)c(S(=O)(=O)Nc2cc(S(=O)(=O)O)cc3cc(S(=O)(=O)O)cc(S(=O)(=O)O)c23)cc1NC(=O)c1ccc([N+](=O)[O-])cc1S(=O)(=O)O. The van der Waals surface area contributed by atoms with Crippen molar-refractivity contribution in [2.45, 2.75) is 38.3 Å². The van der Waals surface area contributed by atoms with Gasteiger partial charge in [-0.15, -0.1) is 0 Å². The van der Waals surface area contributed by atoms with Crippen LogP contribution < -0.4 is 10.0 Å². The highest BCUT2D eigenvalue weighted by Gasteiger charge is 2.29. The first kappa shape index (κ1) is 38.2. The Hall–Kier alpha value is -4.60. The molecule has 0 heterocycles. The summed E-state index contributed by atoms with van der Waals surface area (Å²) in [4.78, 5) is 17.8. The number of non-ortho nitro benzene ring substituents is 1. The number of fused-ring (bicyclic) bond motifs is 1. The molecule has 4 aromatic rings. The summed E-state index contributed by atoms with van der Waals surface area (Å²) in [7, 11) is -26.1. The molecule has 20 nitrogen and oxygen atoms in total. The summed E-state index contributed by atoms with van der Waals surface area (Å²) in [5.41, 5.74) is -2.73. The molecule has 0 fully saturated rings. The van der Waals surface area contributed by atoms with E-state index in [9.17, 15) is 75.2 Å². The van der Waals surface area contributed by atoms with Crippen LogP contribution >= 0.6 is 0 Å². The first-order chi connectivity index (χ1) is 22.6. The number of sulfonamides is 1. The average Bonchev–Trinajstić information content (AvgIpc) is 2.95. The van der Waals surface area contributed by atoms with E-state index in [4.69, 9.17) is 0 Å². The second-order valence-corrected chi connectivity index (χ2v) is 17.6. The second-order valence-electron chi connectivity index (χ2n) is 10.3. The Morgan fingerprint density at radius 2 is 1.18 bits per heavy atom. The van der Waals surface area contributed by atoms with E-state index in [-0.39, 0.29) is 22.9 Å². The fourth-order valence-electron chi connectivity index (χ4n) is 4.68. The fourth-order valence-corrected chi connectivity index (χ4v) is 8.62. The number of anilines is 2. The van der Waals surface area contributed by atoms with E-state index in [0.717, 1.165) is 12.1 Å². The van der Waals surface area contributed by atoms with Crippen LogP contribution in [0.25, 0.3) is 10.8 Å². The highest BCUT2D eigenvalue weighted by atomic mass is 32.2. The van der Waals surface area contributed by atoms with Crippen LogP contribution in [-0.2, 0) is 50.5 Å². The molecule has 0 spiro atoms. The number of nitro groups is 1. The smallest absolute Gasteiger partial charge is 0.295 e. The largest absolute Gasteiger partial charge is 0.322 e. The molecule has 1 amide bonds. The Morgan fingerprint density at radius 1 is 0.640 bits per heavy atom. The van der Waals surface area contributed by atoms with Crippen LogP contribution in [0.3, 0.4) is 0 Å². The van der Waals surface area contributed by atoms with Gasteiger partial charge in [-0.05, 0) is 66.8 Å². The van der Waals surface area contributed by atoms with Gasteiger partial charge in [0.1, 0.15) is 9.79 Å². The Labute approximate surface area is 283 Å². The molecule has 4 aromatic carbocycles. The predicted octanol–water partition coefficient (Wildman–Crippen LogP) is 2.40. The molecule has 50 heavy (non-hydrogen) atoms. The Kier molecular flexibility index (Phi) is 9.64. The zero-order chi connectivity index (χ0) is 37.9. The standard InChI is InChI=1S/C25H21N3O17S5/c1-12-5-13(2)21(11-19(12)26-25(29)18-4-3-15(28(30)31)8-22(18)49(40,41)42)46(32,33)27-20-9-16(47(34,35)36)6-14-7-17(48(37,38)39)10-23(24(14)20)50(43,44)45/h3-11,27H,1-2H3,(H,26,29)(H,34,35,36)(H,37,38,39)(H,40,41,42)(H,43,44,45). The van der Waals surface area contributed by atoms with Crippen LogP contribution in [-0.4, -0.2) is 71.1 Å². The lowest BCUT2D eigenvalue weighted by Gasteiger charge is -2.18. The minimum Gasteiger partial charge on any atom is -0.322 e. The quantitative estimate of drug-likeness (QED) is 0.0762. The van der Waals surface area contributed by atoms with Crippen molar-refractivity contribution in [3.05, 3.63) is 81.4 Å². The third-order valence-corrected chi connectivity index (χ3v) is 11.8. The lowest BCUT2D eigenvalue weighted by molar-refractivity contribution is -0.385. The van der Waals surface area contributed by atoms with Gasteiger partial charge < -0.3 is 5.32 Å². The molecular formula is C25H21N3O17S5. The highest BCUT2D eigenvalue weighted by Crippen LogP contribution is 2.37. The Balaban J connectivity index is 1.92. The number of carbonyl (C=O) groups excluding carboxylic acids is 1. The number of hydrogen-bond donors (Lipinski definition) is 6. The lowest BCUT2D eigenvalue weighted by atomic mass is 10.1. The summed E-state index contributed by atoms with van der Waals surface area (Å²) in [6.07, 6.45) is 0. The molecule has 0 saturated heterocycles. The van der Waals surface area contributed by atoms with Crippen molar-refractivity contribution in [2.24, 2.45) is 0 Å². The third kappa shape index (κ3) is 7.90. The van der Waals surface area contributed by atoms with E-state index in [1.165, 1.54) is 19.9 Å². The molecule has 4 rings (SSSR count). The van der Waals surface area contributed by atoms with Gasteiger partial charge in [0, 0.05) is 23.2 Å². The monoisotopic (exact) mass is 795 g/mol. The van der Waals surface area contributed by atoms with Gasteiger partial charge in [-0.3, -0.25) is 37.8 Å². The van der Waals surface area contributed by atoms with E-state index >= 15 is 0 Å². The van der Waals surface area contributed by atoms with E-state index in [1.807, 2.05) is 4.72 Å². The van der Waals surface area contributed by atoms with Crippen LogP contribution in [0, 0.1) is 24.0 Å². The van der Waals surface area contributed by atoms with Crippen LogP contribution in [0.4, 0.5) is 17.1 Å². The van der Waals surface area contributed by atoms with Crippen LogP contribution in [0.1, 0.15) is 21.5 Å². The molecule has 0 aliphatic rings. The summed E-state index contributed by atoms with van der Waals surface area (Å²) in [5, 5.41) is 11.8. The molecule has 0 bridgehead atoms. The summed E-state index contributed by atoms with van der Waals surface area (Å²) in [6, 6.07) is 5.66. The molecule has 0 saturated carbocycles. The molecule has 0 unspecified atom stereocenters. The number of nitro benzene ring substituents is 1. The second kappa shape index (κ2) is 12.6. The molecule has 0 aliphatic heterocycles. The van der Waals surface area contributed by atoms with Crippen molar-refractivity contribution in [3.63, 3.8) is 0 Å². The molecular weight excluding hydrogens is 775 g/mol. The van der Waals surface area contributed by atoms with Gasteiger partial charge >= 0.3 is 0 Å². The first-order valence-electron chi connectivity index (χ1n) is 12.9. The number of nitrogens with one attached hydrogen (secondary N) is 2. The third-order valence-electron chi connectivity index (χ3n) is 6.84. The number of benzene rings is 4. The number of hydrogen-bond acceptors (Lipinski definition) is 13. The number of carbonyl (C=O) groups is 1. The molecule has 0 radical (unpaired) electrons. The van der Waals surface area contributed by atoms with Gasteiger partial charge in [-0.1, -0.05) is 6.07 Å². The molecule has 0 aromatic heterocycles. The van der Waals surface area contributed by atoms with Crippen LogP contribution in [0.5, 0.6) is 0 Å². The summed E-state index contributed by atoms with van der Waals surface area (Å²) in [6.45, 7) is 2.63. The van der Waals surface area contributed by atoms with Gasteiger partial charge in [0.2, 0.25) is 0 Å². The number of nitrogens with zero attached hydrogens (tertiary/aromatic N) is 1. The van der Waals surface area contributed by atoms with Crippen molar-refractivity contribution < 1.29 is 70.0 Å². The minimum absolute atomic E-state index is 0.0548. The normalized spacial score (nSPS) is 12.8. The minimum atomic E-state index is -5.45. The maximum atomic E-state index is 13.8. The molecule has 25 heteroatoms. The van der Waals surface area contributed by atoms with E-state index in [2.05, 4.69) is 5.32 Å². The summed E-state index contributed by atoms with van der Waals surface area (Å²) in [5.74, 6) is -1.28. The molecule has 0 atom stereocenters. The molecule has 0 aliphatic carbocycles. The van der Waals surface area contributed by atoms with E-state index in [0.29, 0.717) is 30.3 Å². The van der Waals surface area contributed by atoms with Gasteiger partial charge in [-0.2, -0.15) is 33.7 Å². The van der Waals surface area contributed by atoms with Crippen molar-refractivity contribution in [1.82, 2.24) is 0 Å². The summed E-state index contributed by atoms with van der Waals surface area (Å²) < 4.78 is 164. The number of aryl methyl sites for hydroxylation is 2. The lowest BCUT2D eigenvalue weighted by Crippen LogP contribution is -2.19. The molecule has 6 N–H and O–H groups in total. The highest BCUT2D eigenvalue weighted by molar-refractivity contribution is 7.93. The topological polar surface area (TPSA) is 336 Å². The Bertz CT molecular complexity index is 2720. The van der Waals surface area contributed by atoms with Crippen LogP contribution in [0.15, 0.2) is 79.1 Å². The Morgan fingerprint density at radius 3 is 1.68 bits per heavy atom. The van der Waals surface area contributed by atoms with Gasteiger partial charge in [-0.25, -0.2) is 8.42 Å². The summed E-state index contributed by atoms with van der Waals surface area (Å²) >= 11 is 0. The first-order valence-corrected chi connectivity index (χ1v) is 20.1. The van der Waals surface area contributed by atoms with E-state index < -0.39 is 114 Å². The van der Waals surface area contributed by atoms with Crippen molar-refractivity contribution in [3.8, 4) is 0 Å². The maximum Gasteiger partial charge on any atom is 0.295 e. The van der Waals surface area contributed by atoms with E-state index in [1.54, 1.807) is 0 Å². The average molecular weight is 796 g/mol. The van der Waals surface area contributed by atoms with Gasteiger partial charge in [0.25, 0.3) is 62.1 Å². The van der Waals surface area contributed by atoms with Crippen molar-refractivity contribution in [1.29, 1.82) is 0 Å². The van der Waals surface area contributed by atoms with Crippen molar-refractivity contribution >= 4 is 84.2 Å². The zero-order valence-corrected chi connectivity index (χ0v) is 28.9. The van der Waals surface area contributed by atoms with Gasteiger partial charge in [0.15, 0.2) is 0 Å². The number of rotatable bonds is 10. The maximum absolute atomic E-state index is 13.8. The molecule has 268 valence electrons. The number of amides is 1. The zero-order valence-electron chi connectivity index (χ0n) is 24.8. The fraction of sp³-hybridized carbons (Fsp3) is 0.0800.